The topological polar surface area (TPSA) is 37.3 Å². The van der Waals surface area contributed by atoms with E-state index in [1.807, 2.05) is 22.2 Å². The van der Waals surface area contributed by atoms with Crippen LogP contribution in [0.5, 0.6) is 0 Å². The zero-order chi connectivity index (χ0) is 23.0. The fourth-order valence-electron chi connectivity index (χ4n) is 3.77. The van der Waals surface area contributed by atoms with E-state index in [-0.39, 0.29) is 11.1 Å². The lowest BCUT2D eigenvalue weighted by atomic mass is 10.1. The molecular weight excluding hydrogens is 414 g/mol. The van der Waals surface area contributed by atoms with Gasteiger partial charge in [-0.2, -0.15) is 0 Å². The number of aromatic nitrogens is 1. The molecular formula is C27H37N3OS. The molecule has 0 saturated heterocycles. The molecule has 0 aliphatic carbocycles. The Morgan fingerprint density at radius 1 is 0.938 bits per heavy atom. The Morgan fingerprint density at radius 3 is 2.19 bits per heavy atom. The van der Waals surface area contributed by atoms with Gasteiger partial charge in [-0.25, -0.2) is 0 Å². The highest BCUT2D eigenvalue weighted by Crippen LogP contribution is 2.33. The van der Waals surface area contributed by atoms with Crippen LogP contribution in [0.3, 0.4) is 0 Å². The van der Waals surface area contributed by atoms with Crippen LogP contribution in [0.25, 0.3) is 10.4 Å². The molecule has 0 saturated carbocycles. The molecule has 0 atom stereocenters. The van der Waals surface area contributed by atoms with E-state index in [1.165, 1.54) is 18.4 Å². The zero-order valence-electron chi connectivity index (χ0n) is 19.9. The van der Waals surface area contributed by atoms with Crippen LogP contribution >= 0.6 is 11.5 Å². The lowest BCUT2D eigenvalue weighted by molar-refractivity contribution is 0.260. The molecule has 1 N–H and O–H groups in total. The van der Waals surface area contributed by atoms with Crippen molar-refractivity contribution in [2.75, 3.05) is 25.0 Å². The van der Waals surface area contributed by atoms with E-state index in [1.54, 1.807) is 11.5 Å². The number of benzene rings is 2. The predicted octanol–water partition coefficient (Wildman–Crippen LogP) is 6.44. The third-order valence-electron chi connectivity index (χ3n) is 5.48. The van der Waals surface area contributed by atoms with Crippen LogP contribution in [0.1, 0.15) is 52.5 Å². The van der Waals surface area contributed by atoms with E-state index in [4.69, 9.17) is 0 Å². The van der Waals surface area contributed by atoms with Gasteiger partial charge < -0.3 is 5.32 Å². The van der Waals surface area contributed by atoms with Gasteiger partial charge in [0.05, 0.1) is 10.4 Å². The SMILES string of the molecule is CCCCN(CCCNc1c(-c2ccccc2)sn(C(C)(C)C)c1=O)Cc1ccccc1. The minimum absolute atomic E-state index is 0.0773. The third kappa shape index (κ3) is 6.57. The molecule has 4 nitrogen and oxygen atoms in total. The summed E-state index contributed by atoms with van der Waals surface area (Å²) in [5.41, 5.74) is 3.02. The van der Waals surface area contributed by atoms with Gasteiger partial charge >= 0.3 is 0 Å². The van der Waals surface area contributed by atoms with Crippen LogP contribution in [0, 0.1) is 0 Å². The lowest BCUT2D eigenvalue weighted by Gasteiger charge is -2.22. The van der Waals surface area contributed by atoms with E-state index < -0.39 is 0 Å². The second-order valence-corrected chi connectivity index (χ2v) is 10.3. The van der Waals surface area contributed by atoms with Crippen LogP contribution in [0.4, 0.5) is 5.69 Å². The Balaban J connectivity index is 1.69. The van der Waals surface area contributed by atoms with Crippen LogP contribution in [-0.2, 0) is 12.1 Å². The van der Waals surface area contributed by atoms with Gasteiger partial charge in [-0.15, -0.1) is 0 Å². The summed E-state index contributed by atoms with van der Waals surface area (Å²) < 4.78 is 1.89. The van der Waals surface area contributed by atoms with Crippen molar-refractivity contribution in [1.29, 1.82) is 0 Å². The molecule has 0 amide bonds. The van der Waals surface area contributed by atoms with Gasteiger partial charge in [0, 0.05) is 19.6 Å². The number of unbranched alkanes of at least 4 members (excludes halogenated alkanes) is 1. The Kier molecular flexibility index (Phi) is 8.71. The van der Waals surface area contributed by atoms with Gasteiger partial charge in [-0.1, -0.05) is 85.5 Å². The quantitative estimate of drug-likeness (QED) is 0.341. The molecule has 1 aromatic heterocycles. The first-order valence-electron chi connectivity index (χ1n) is 11.7. The van der Waals surface area contributed by atoms with Crippen molar-refractivity contribution in [3.05, 3.63) is 76.6 Å². The Labute approximate surface area is 197 Å². The molecule has 32 heavy (non-hydrogen) atoms. The van der Waals surface area contributed by atoms with Crippen molar-refractivity contribution in [1.82, 2.24) is 8.86 Å². The number of anilines is 1. The van der Waals surface area contributed by atoms with E-state index in [0.29, 0.717) is 0 Å². The molecule has 172 valence electrons. The summed E-state index contributed by atoms with van der Waals surface area (Å²) in [7, 11) is 0. The average Bonchev–Trinajstić information content (AvgIpc) is 3.12. The number of hydrogen-bond acceptors (Lipinski definition) is 4. The summed E-state index contributed by atoms with van der Waals surface area (Å²) in [4.78, 5) is 16.8. The van der Waals surface area contributed by atoms with E-state index in [2.05, 4.69) is 80.4 Å². The Bertz CT molecular complexity index is 1000. The van der Waals surface area contributed by atoms with Crippen molar-refractivity contribution in [2.24, 2.45) is 0 Å². The van der Waals surface area contributed by atoms with Crippen molar-refractivity contribution in [3.63, 3.8) is 0 Å². The van der Waals surface area contributed by atoms with Crippen molar-refractivity contribution in [2.45, 2.75) is 59.0 Å². The molecule has 0 spiro atoms. The summed E-state index contributed by atoms with van der Waals surface area (Å²) in [6.45, 7) is 12.4. The predicted molar refractivity (Wildman–Crippen MR) is 139 cm³/mol. The Hall–Kier alpha value is -2.37. The second kappa shape index (κ2) is 11.5. The largest absolute Gasteiger partial charge is 0.379 e. The summed E-state index contributed by atoms with van der Waals surface area (Å²) in [6, 6.07) is 20.9. The fourth-order valence-corrected chi connectivity index (χ4v) is 4.89. The summed E-state index contributed by atoms with van der Waals surface area (Å²) in [5, 5.41) is 3.50. The summed E-state index contributed by atoms with van der Waals surface area (Å²) in [5.74, 6) is 0. The molecule has 0 bridgehead atoms. The molecule has 3 aromatic rings. The maximum atomic E-state index is 13.2. The van der Waals surface area contributed by atoms with Gasteiger partial charge in [0.15, 0.2) is 0 Å². The van der Waals surface area contributed by atoms with Crippen molar-refractivity contribution < 1.29 is 0 Å². The molecule has 0 aliphatic rings. The van der Waals surface area contributed by atoms with Crippen LogP contribution in [0.2, 0.25) is 0 Å². The summed E-state index contributed by atoms with van der Waals surface area (Å²) in [6.07, 6.45) is 3.40. The highest BCUT2D eigenvalue weighted by molar-refractivity contribution is 7.11. The maximum absolute atomic E-state index is 13.2. The highest BCUT2D eigenvalue weighted by atomic mass is 32.1. The number of rotatable bonds is 11. The molecule has 0 aliphatic heterocycles. The molecule has 0 fully saturated rings. The monoisotopic (exact) mass is 451 g/mol. The van der Waals surface area contributed by atoms with Crippen LogP contribution in [0.15, 0.2) is 65.5 Å². The molecule has 1 heterocycles. The van der Waals surface area contributed by atoms with Gasteiger partial charge in [-0.05, 0) is 51.3 Å². The molecule has 2 aromatic carbocycles. The maximum Gasteiger partial charge on any atom is 0.285 e. The minimum atomic E-state index is -0.238. The van der Waals surface area contributed by atoms with E-state index in [9.17, 15) is 4.79 Å². The van der Waals surface area contributed by atoms with Crippen LogP contribution in [-0.4, -0.2) is 28.5 Å². The molecule has 0 radical (unpaired) electrons. The standard InChI is InChI=1S/C27H37N3OS/c1-5-6-19-29(21-22-14-9-7-10-15-22)20-13-18-28-24-25(23-16-11-8-12-17-23)32-30(26(24)31)27(2,3)4/h7-12,14-17,28H,5-6,13,18-21H2,1-4H3. The highest BCUT2D eigenvalue weighted by Gasteiger charge is 2.23. The average molecular weight is 452 g/mol. The lowest BCUT2D eigenvalue weighted by Crippen LogP contribution is -2.31. The first-order chi connectivity index (χ1) is 15.4. The summed E-state index contributed by atoms with van der Waals surface area (Å²) >= 11 is 1.55. The van der Waals surface area contributed by atoms with Gasteiger partial charge in [-0.3, -0.25) is 13.7 Å². The molecule has 3 rings (SSSR count). The van der Waals surface area contributed by atoms with Crippen LogP contribution < -0.4 is 10.9 Å². The molecule has 0 unspecified atom stereocenters. The van der Waals surface area contributed by atoms with E-state index >= 15 is 0 Å². The molecule has 5 heteroatoms. The second-order valence-electron chi connectivity index (χ2n) is 9.33. The van der Waals surface area contributed by atoms with Gasteiger partial charge in [0.2, 0.25) is 0 Å². The van der Waals surface area contributed by atoms with E-state index in [0.717, 1.165) is 48.7 Å². The third-order valence-corrected chi connectivity index (χ3v) is 7.00. The van der Waals surface area contributed by atoms with Gasteiger partial charge in [0.1, 0.15) is 5.69 Å². The van der Waals surface area contributed by atoms with Crippen molar-refractivity contribution >= 4 is 17.2 Å². The smallest absolute Gasteiger partial charge is 0.285 e. The van der Waals surface area contributed by atoms with Crippen molar-refractivity contribution in [3.8, 4) is 10.4 Å². The number of hydrogen-bond donors (Lipinski definition) is 1. The number of nitrogens with zero attached hydrogens (tertiary/aromatic N) is 2. The normalized spacial score (nSPS) is 11.8. The zero-order valence-corrected chi connectivity index (χ0v) is 20.8. The number of nitrogens with one attached hydrogen (secondary N) is 1. The minimum Gasteiger partial charge on any atom is -0.379 e. The first kappa shape index (κ1) is 24.3. The fraction of sp³-hybridized carbons (Fsp3) is 0.444. The Morgan fingerprint density at radius 2 is 1.56 bits per heavy atom. The van der Waals surface area contributed by atoms with Gasteiger partial charge in [0.25, 0.3) is 5.56 Å². The first-order valence-corrected chi connectivity index (χ1v) is 12.5.